The first kappa shape index (κ1) is 9.92. The van der Waals surface area contributed by atoms with Gasteiger partial charge in [-0.05, 0) is 47.7 Å². The van der Waals surface area contributed by atoms with Crippen molar-refractivity contribution in [3.8, 4) is 11.5 Å². The number of rotatable bonds is 1. The van der Waals surface area contributed by atoms with Crippen molar-refractivity contribution in [3.63, 3.8) is 0 Å². The summed E-state index contributed by atoms with van der Waals surface area (Å²) in [6.07, 6.45) is 0. The summed E-state index contributed by atoms with van der Waals surface area (Å²) in [5.41, 5.74) is 0.874. The molecule has 0 aliphatic heterocycles. The van der Waals surface area contributed by atoms with Crippen molar-refractivity contribution in [3.05, 3.63) is 32.6 Å². The fraction of sp³-hybridized carbons (Fsp3) is 0.111. The molecule has 0 spiro atoms. The SMILES string of the molecule is Cc1noc(-c2cc(Cl)ccc2I)n1. The van der Waals surface area contributed by atoms with E-state index >= 15 is 0 Å². The molecule has 0 aliphatic rings. The second kappa shape index (κ2) is 3.86. The van der Waals surface area contributed by atoms with E-state index in [0.29, 0.717) is 16.7 Å². The minimum absolute atomic E-state index is 0.509. The molecule has 0 N–H and O–H groups in total. The standard InChI is InChI=1S/C9H6ClIN2O/c1-5-12-9(14-13-5)7-4-6(10)2-3-8(7)11/h2-4H,1H3. The van der Waals surface area contributed by atoms with Gasteiger partial charge in [0.05, 0.1) is 5.56 Å². The quantitative estimate of drug-likeness (QED) is 0.757. The third-order valence-electron chi connectivity index (χ3n) is 1.69. The van der Waals surface area contributed by atoms with E-state index in [1.54, 1.807) is 6.92 Å². The fourth-order valence-corrected chi connectivity index (χ4v) is 1.81. The molecule has 5 heteroatoms. The van der Waals surface area contributed by atoms with E-state index in [1.807, 2.05) is 18.2 Å². The summed E-state index contributed by atoms with van der Waals surface area (Å²) in [4.78, 5) is 4.14. The van der Waals surface area contributed by atoms with Crippen LogP contribution in [0.2, 0.25) is 5.02 Å². The molecule has 0 bridgehead atoms. The third kappa shape index (κ3) is 1.90. The molecule has 1 aromatic carbocycles. The highest BCUT2D eigenvalue weighted by molar-refractivity contribution is 14.1. The van der Waals surface area contributed by atoms with E-state index in [9.17, 15) is 0 Å². The Hall–Kier alpha value is -0.620. The van der Waals surface area contributed by atoms with Crippen molar-refractivity contribution in [1.82, 2.24) is 10.1 Å². The van der Waals surface area contributed by atoms with Crippen LogP contribution in [0.15, 0.2) is 22.7 Å². The number of aryl methyl sites for hydroxylation is 1. The van der Waals surface area contributed by atoms with Crippen molar-refractivity contribution < 1.29 is 4.52 Å². The minimum Gasteiger partial charge on any atom is -0.334 e. The summed E-state index contributed by atoms with van der Waals surface area (Å²) in [5, 5.41) is 4.39. The molecule has 14 heavy (non-hydrogen) atoms. The lowest BCUT2D eigenvalue weighted by molar-refractivity contribution is 0.425. The van der Waals surface area contributed by atoms with Gasteiger partial charge in [-0.2, -0.15) is 4.98 Å². The van der Waals surface area contributed by atoms with Gasteiger partial charge in [0.2, 0.25) is 0 Å². The molecule has 3 nitrogen and oxygen atoms in total. The largest absolute Gasteiger partial charge is 0.334 e. The molecular formula is C9H6ClIN2O. The summed E-state index contributed by atoms with van der Waals surface area (Å²) in [7, 11) is 0. The van der Waals surface area contributed by atoms with Crippen molar-refractivity contribution in [1.29, 1.82) is 0 Å². The van der Waals surface area contributed by atoms with E-state index in [2.05, 4.69) is 32.7 Å². The molecule has 2 aromatic rings. The summed E-state index contributed by atoms with van der Waals surface area (Å²) >= 11 is 8.08. The molecule has 0 amide bonds. The molecule has 0 unspecified atom stereocenters. The van der Waals surface area contributed by atoms with E-state index in [0.717, 1.165) is 9.13 Å². The number of hydrogen-bond donors (Lipinski definition) is 0. The second-order valence-corrected chi connectivity index (χ2v) is 4.37. The van der Waals surface area contributed by atoms with Gasteiger partial charge in [0.1, 0.15) is 0 Å². The van der Waals surface area contributed by atoms with Gasteiger partial charge in [0.25, 0.3) is 5.89 Å². The first-order valence-corrected chi connectivity index (χ1v) is 5.38. The van der Waals surface area contributed by atoms with Gasteiger partial charge in [-0.1, -0.05) is 16.8 Å². The topological polar surface area (TPSA) is 38.9 Å². The Labute approximate surface area is 99.6 Å². The van der Waals surface area contributed by atoms with Crippen LogP contribution in [-0.2, 0) is 0 Å². The average molecular weight is 321 g/mol. The van der Waals surface area contributed by atoms with Crippen molar-refractivity contribution in [2.45, 2.75) is 6.92 Å². The number of nitrogens with zero attached hydrogens (tertiary/aromatic N) is 2. The molecule has 0 atom stereocenters. The van der Waals surface area contributed by atoms with E-state index in [1.165, 1.54) is 0 Å². The molecule has 0 radical (unpaired) electrons. The first-order valence-electron chi connectivity index (χ1n) is 3.92. The van der Waals surface area contributed by atoms with Crippen LogP contribution in [0, 0.1) is 10.5 Å². The summed E-state index contributed by atoms with van der Waals surface area (Å²) < 4.78 is 6.10. The third-order valence-corrected chi connectivity index (χ3v) is 2.86. The molecule has 0 saturated carbocycles. The number of aromatic nitrogens is 2. The summed E-state index contributed by atoms with van der Waals surface area (Å²) in [5.74, 6) is 1.13. The number of hydrogen-bond acceptors (Lipinski definition) is 3. The van der Waals surface area contributed by atoms with Crippen molar-refractivity contribution in [2.75, 3.05) is 0 Å². The zero-order valence-corrected chi connectivity index (χ0v) is 10.2. The molecule has 1 heterocycles. The van der Waals surface area contributed by atoms with Crippen molar-refractivity contribution in [2.24, 2.45) is 0 Å². The van der Waals surface area contributed by atoms with Crippen LogP contribution in [-0.4, -0.2) is 10.1 Å². The van der Waals surface area contributed by atoms with E-state index in [4.69, 9.17) is 16.1 Å². The smallest absolute Gasteiger partial charge is 0.259 e. The molecule has 1 aromatic heterocycles. The second-order valence-electron chi connectivity index (χ2n) is 2.77. The van der Waals surface area contributed by atoms with Crippen LogP contribution < -0.4 is 0 Å². The minimum atomic E-state index is 0.509. The predicted molar refractivity (Wildman–Crippen MR) is 62.2 cm³/mol. The normalized spacial score (nSPS) is 10.5. The Kier molecular flexibility index (Phi) is 2.73. The monoisotopic (exact) mass is 320 g/mol. The Morgan fingerprint density at radius 1 is 1.43 bits per heavy atom. The van der Waals surface area contributed by atoms with Gasteiger partial charge in [-0.3, -0.25) is 0 Å². The number of halogens is 2. The zero-order chi connectivity index (χ0) is 10.1. The molecule has 2 rings (SSSR count). The van der Waals surface area contributed by atoms with Crippen molar-refractivity contribution >= 4 is 34.2 Å². The highest BCUT2D eigenvalue weighted by Gasteiger charge is 2.10. The zero-order valence-electron chi connectivity index (χ0n) is 7.29. The van der Waals surface area contributed by atoms with Gasteiger partial charge in [0.15, 0.2) is 5.82 Å². The Morgan fingerprint density at radius 3 is 2.86 bits per heavy atom. The van der Waals surface area contributed by atoms with Crippen LogP contribution in [0.3, 0.4) is 0 Å². The van der Waals surface area contributed by atoms with E-state index < -0.39 is 0 Å². The first-order chi connectivity index (χ1) is 6.66. The Morgan fingerprint density at radius 2 is 2.21 bits per heavy atom. The summed E-state index contributed by atoms with van der Waals surface area (Å²) in [6, 6.07) is 5.56. The van der Waals surface area contributed by atoms with Gasteiger partial charge in [-0.15, -0.1) is 0 Å². The fourth-order valence-electron chi connectivity index (χ4n) is 1.07. The maximum absolute atomic E-state index is 5.88. The van der Waals surface area contributed by atoms with Crippen LogP contribution in [0.4, 0.5) is 0 Å². The average Bonchev–Trinajstić information content (AvgIpc) is 2.56. The number of benzene rings is 1. The highest BCUT2D eigenvalue weighted by atomic mass is 127. The highest BCUT2D eigenvalue weighted by Crippen LogP contribution is 2.26. The Bertz CT molecular complexity index is 470. The summed E-state index contributed by atoms with van der Waals surface area (Å²) in [6.45, 7) is 1.78. The van der Waals surface area contributed by atoms with Gasteiger partial charge in [0, 0.05) is 8.59 Å². The van der Waals surface area contributed by atoms with Gasteiger partial charge < -0.3 is 4.52 Å². The van der Waals surface area contributed by atoms with Crippen LogP contribution >= 0.6 is 34.2 Å². The van der Waals surface area contributed by atoms with Crippen LogP contribution in [0.5, 0.6) is 0 Å². The molecule has 0 aliphatic carbocycles. The maximum atomic E-state index is 5.88. The molecular weight excluding hydrogens is 314 g/mol. The lowest BCUT2D eigenvalue weighted by Crippen LogP contribution is -1.83. The van der Waals surface area contributed by atoms with Gasteiger partial charge >= 0.3 is 0 Å². The molecule has 0 saturated heterocycles. The van der Waals surface area contributed by atoms with Crippen LogP contribution in [0.1, 0.15) is 5.82 Å². The van der Waals surface area contributed by atoms with Gasteiger partial charge in [-0.25, -0.2) is 0 Å². The lowest BCUT2D eigenvalue weighted by atomic mass is 10.2. The lowest BCUT2D eigenvalue weighted by Gasteiger charge is -1.98. The maximum Gasteiger partial charge on any atom is 0.259 e. The predicted octanol–water partition coefficient (Wildman–Crippen LogP) is 3.30. The molecule has 0 fully saturated rings. The molecule has 72 valence electrons. The Balaban J connectivity index is 2.55. The van der Waals surface area contributed by atoms with Crippen LogP contribution in [0.25, 0.3) is 11.5 Å². The van der Waals surface area contributed by atoms with E-state index in [-0.39, 0.29) is 0 Å².